The van der Waals surface area contributed by atoms with Crippen LogP contribution in [0.25, 0.3) is 0 Å². The molecule has 0 aromatic carbocycles. The van der Waals surface area contributed by atoms with Crippen molar-refractivity contribution >= 4 is 27.3 Å². The Balaban J connectivity index is 0. The van der Waals surface area contributed by atoms with Crippen LogP contribution >= 0.6 is 12.6 Å². The Kier molecular flexibility index (Phi) is 12.4. The first-order valence-electron chi connectivity index (χ1n) is 4.62. The Morgan fingerprint density at radius 2 is 1.75 bits per heavy atom. The number of rotatable bonds is 7. The summed E-state index contributed by atoms with van der Waals surface area (Å²) in [5.41, 5.74) is 4.47. The highest BCUT2D eigenvalue weighted by Gasteiger charge is 2.36. The van der Waals surface area contributed by atoms with E-state index in [2.05, 4.69) is 24.9 Å². The molecule has 0 aromatic rings. The van der Waals surface area contributed by atoms with Gasteiger partial charge in [-0.2, -0.15) is 12.6 Å². The third kappa shape index (κ3) is 8.84. The second kappa shape index (κ2) is 11.1. The minimum atomic E-state index is -2.29. The molecule has 0 bridgehead atoms. The summed E-state index contributed by atoms with van der Waals surface area (Å²) < 4.78 is 15.6. The number of thiol groups is 1. The van der Waals surface area contributed by atoms with Crippen LogP contribution in [0.3, 0.4) is 0 Å². The second-order valence-electron chi connectivity index (χ2n) is 2.69. The van der Waals surface area contributed by atoms with Gasteiger partial charge in [0.2, 0.25) is 6.08 Å². The van der Waals surface area contributed by atoms with Gasteiger partial charge in [0, 0.05) is 27.4 Å². The zero-order chi connectivity index (χ0) is 13.0. The zero-order valence-corrected chi connectivity index (χ0v) is 11.8. The Hall–Kier alpha value is -0.433. The van der Waals surface area contributed by atoms with E-state index in [1.165, 1.54) is 0 Å². The Morgan fingerprint density at radius 1 is 1.38 bits per heavy atom. The van der Waals surface area contributed by atoms with E-state index in [9.17, 15) is 4.79 Å². The van der Waals surface area contributed by atoms with Crippen LogP contribution in [-0.4, -0.2) is 41.8 Å². The fourth-order valence-electron chi connectivity index (χ4n) is 0.852. The highest BCUT2D eigenvalue weighted by molar-refractivity contribution is 7.80. The molecule has 0 radical (unpaired) electrons. The minimum absolute atomic E-state index is 0.593. The lowest BCUT2D eigenvalue weighted by Gasteiger charge is -2.23. The molecule has 0 atom stereocenters. The van der Waals surface area contributed by atoms with Gasteiger partial charge in [-0.1, -0.05) is 0 Å². The number of primary amides is 1. The van der Waals surface area contributed by atoms with Gasteiger partial charge >= 0.3 is 14.7 Å². The lowest BCUT2D eigenvalue weighted by Crippen LogP contribution is -2.42. The number of carbonyl (C=O) groups excluding carboxylic acids is 1. The van der Waals surface area contributed by atoms with Crippen molar-refractivity contribution in [2.75, 3.05) is 27.1 Å². The molecule has 0 saturated heterocycles. The maximum atomic E-state index is 9.41. The smallest absolute Gasteiger partial charge is 0.377 e. The van der Waals surface area contributed by atoms with E-state index in [1.807, 2.05) is 0 Å². The van der Waals surface area contributed by atoms with Crippen molar-refractivity contribution in [2.24, 2.45) is 5.73 Å². The van der Waals surface area contributed by atoms with Gasteiger partial charge in [0.1, 0.15) is 0 Å². The van der Waals surface area contributed by atoms with Crippen LogP contribution in [0.5, 0.6) is 0 Å². The molecule has 0 heterocycles. The van der Waals surface area contributed by atoms with Gasteiger partial charge < -0.3 is 13.3 Å². The largest absolute Gasteiger partial charge is 0.500 e. The molecule has 0 aromatic heterocycles. The molecular weight excluding hydrogens is 246 g/mol. The third-order valence-corrected chi connectivity index (χ3v) is 4.89. The van der Waals surface area contributed by atoms with Crippen molar-refractivity contribution in [3.63, 3.8) is 0 Å². The molecular formula is C9H20NO4SSi+. The van der Waals surface area contributed by atoms with Crippen LogP contribution in [0.1, 0.15) is 6.42 Å². The SMILES string of the molecule is CO[Si](CCCS)(OC)OC.[CH+]=CC(N)=O. The first-order valence-corrected chi connectivity index (χ1v) is 7.19. The van der Waals surface area contributed by atoms with Gasteiger partial charge in [0.05, 0.1) is 6.58 Å². The molecule has 0 spiro atoms. The molecule has 0 fully saturated rings. The summed E-state index contributed by atoms with van der Waals surface area (Å²) in [6, 6.07) is 0.833. The monoisotopic (exact) mass is 266 g/mol. The highest BCUT2D eigenvalue weighted by Crippen LogP contribution is 2.14. The molecule has 16 heavy (non-hydrogen) atoms. The Morgan fingerprint density at radius 3 is 1.94 bits per heavy atom. The van der Waals surface area contributed by atoms with E-state index in [4.69, 9.17) is 13.3 Å². The molecule has 0 saturated carbocycles. The van der Waals surface area contributed by atoms with Gasteiger partial charge in [0.25, 0.3) is 0 Å². The first kappa shape index (κ1) is 17.9. The number of nitrogens with two attached hydrogens (primary N) is 1. The minimum Gasteiger partial charge on any atom is -0.377 e. The predicted molar refractivity (Wildman–Crippen MR) is 68.1 cm³/mol. The van der Waals surface area contributed by atoms with Gasteiger partial charge in [0.15, 0.2) is 0 Å². The standard InChI is InChI=1S/C6H16O3SSi.C3H3NO/c1-7-11(8-2,9-3)6-4-5-10;1-2-3(4)5/h10H,4-6H2,1-3H3;1-2H,(H-,4,5)/p+1. The average molecular weight is 266 g/mol. The van der Waals surface area contributed by atoms with Crippen LogP contribution in [-0.2, 0) is 18.1 Å². The molecule has 0 unspecified atom stereocenters. The van der Waals surface area contributed by atoms with Crippen molar-refractivity contribution in [1.29, 1.82) is 0 Å². The number of hydrogen-bond acceptors (Lipinski definition) is 5. The van der Waals surface area contributed by atoms with Crippen LogP contribution in [0.2, 0.25) is 6.04 Å². The van der Waals surface area contributed by atoms with E-state index >= 15 is 0 Å². The van der Waals surface area contributed by atoms with E-state index in [0.717, 1.165) is 24.3 Å². The summed E-state index contributed by atoms with van der Waals surface area (Å²) in [7, 11) is 2.58. The summed E-state index contributed by atoms with van der Waals surface area (Å²) in [6.07, 6.45) is 1.77. The lowest BCUT2D eigenvalue weighted by atomic mass is 10.6. The molecule has 5 nitrogen and oxygen atoms in total. The van der Waals surface area contributed by atoms with Gasteiger partial charge in [-0.25, -0.2) is 0 Å². The second-order valence-corrected chi connectivity index (χ2v) is 6.23. The Bertz CT molecular complexity index is 192. The molecule has 0 rings (SSSR count). The zero-order valence-electron chi connectivity index (χ0n) is 9.93. The van der Waals surface area contributed by atoms with E-state index in [-0.39, 0.29) is 0 Å². The molecule has 0 aliphatic heterocycles. The van der Waals surface area contributed by atoms with Crippen LogP contribution in [0, 0.1) is 6.58 Å². The fourth-order valence-corrected chi connectivity index (χ4v) is 3.03. The molecule has 2 N–H and O–H groups in total. The lowest BCUT2D eigenvalue weighted by molar-refractivity contribution is -0.113. The van der Waals surface area contributed by atoms with Gasteiger partial charge in [-0.05, 0) is 12.2 Å². The summed E-state index contributed by atoms with van der Waals surface area (Å²) in [5.74, 6) is 0.246. The number of amides is 1. The molecule has 94 valence electrons. The number of hydrogen-bond donors (Lipinski definition) is 2. The summed E-state index contributed by atoms with van der Waals surface area (Å²) in [5, 5.41) is 0. The first-order chi connectivity index (χ1) is 7.51. The van der Waals surface area contributed by atoms with Crippen molar-refractivity contribution in [3.05, 3.63) is 12.7 Å². The molecule has 7 heteroatoms. The predicted octanol–water partition coefficient (Wildman–Crippen LogP) is 0.645. The van der Waals surface area contributed by atoms with Crippen molar-refractivity contribution in [1.82, 2.24) is 0 Å². The quantitative estimate of drug-likeness (QED) is 0.307. The molecule has 0 aliphatic rings. The molecule has 1 amide bonds. The highest BCUT2D eigenvalue weighted by atomic mass is 32.1. The van der Waals surface area contributed by atoms with Crippen LogP contribution in [0.4, 0.5) is 0 Å². The number of carbonyl (C=O) groups is 1. The van der Waals surface area contributed by atoms with Gasteiger partial charge in [-0.3, -0.25) is 5.73 Å². The maximum Gasteiger partial charge on any atom is 0.500 e. The summed E-state index contributed by atoms with van der Waals surface area (Å²) in [4.78, 5) is 9.41. The third-order valence-electron chi connectivity index (χ3n) is 1.74. The average Bonchev–Trinajstić information content (AvgIpc) is 2.32. The van der Waals surface area contributed by atoms with Crippen LogP contribution < -0.4 is 5.73 Å². The topological polar surface area (TPSA) is 70.8 Å². The Labute approximate surface area is 104 Å². The van der Waals surface area contributed by atoms with Crippen molar-refractivity contribution in [3.8, 4) is 0 Å². The van der Waals surface area contributed by atoms with Gasteiger partial charge in [-0.15, -0.1) is 4.79 Å². The van der Waals surface area contributed by atoms with Crippen LogP contribution in [0.15, 0.2) is 6.08 Å². The van der Waals surface area contributed by atoms with E-state index in [0.29, 0.717) is 0 Å². The fraction of sp³-hybridized carbons (Fsp3) is 0.667. The van der Waals surface area contributed by atoms with E-state index < -0.39 is 14.7 Å². The normalized spacial score (nSPS) is 10.2. The van der Waals surface area contributed by atoms with E-state index in [1.54, 1.807) is 21.3 Å². The van der Waals surface area contributed by atoms with Crippen molar-refractivity contribution < 1.29 is 18.1 Å². The molecule has 0 aliphatic carbocycles. The van der Waals surface area contributed by atoms with Crippen molar-refractivity contribution in [2.45, 2.75) is 12.5 Å². The summed E-state index contributed by atoms with van der Waals surface area (Å²) >= 11 is 4.10. The summed E-state index contributed by atoms with van der Waals surface area (Å²) in [6.45, 7) is 4.57. The maximum absolute atomic E-state index is 9.41.